The molecule has 0 fully saturated rings. The van der Waals surface area contributed by atoms with Crippen molar-refractivity contribution in [3.05, 3.63) is 35.3 Å². The van der Waals surface area contributed by atoms with Crippen molar-refractivity contribution >= 4 is 27.6 Å². The van der Waals surface area contributed by atoms with Crippen LogP contribution in [0.3, 0.4) is 0 Å². The number of alkyl halides is 3. The number of hydrogen-bond donors (Lipinski definition) is 5. The van der Waals surface area contributed by atoms with E-state index in [1.807, 2.05) is 4.72 Å². The Labute approximate surface area is 154 Å². The number of hydrogen-bond acceptors (Lipinski definition) is 8. The second-order valence-corrected chi connectivity index (χ2v) is 6.53. The second-order valence-electron chi connectivity index (χ2n) is 5.15. The van der Waals surface area contributed by atoms with Gasteiger partial charge in [-0.15, -0.1) is 0 Å². The van der Waals surface area contributed by atoms with E-state index in [1.54, 1.807) is 0 Å². The molecule has 0 aliphatic carbocycles. The Bertz CT molecular complexity index is 963. The first-order valence-electron chi connectivity index (χ1n) is 7.18. The largest absolute Gasteiger partial charge is 0.419 e. The standard InChI is InChI=1S/C12H13F4N7O4S/c13-8-2-1-6(5-7(8)12(14,15)16)23(24)10(17)9-11(22-27-21-9)19-3-4-20-28(18,25)26/h1-2,5,17,20,24H,3-4H2,(H,19,22)(H2,18,25,26). The zero-order valence-electron chi connectivity index (χ0n) is 13.7. The van der Waals surface area contributed by atoms with Gasteiger partial charge in [0, 0.05) is 13.1 Å². The number of rotatable bonds is 7. The van der Waals surface area contributed by atoms with Crippen molar-refractivity contribution in [2.75, 3.05) is 23.5 Å². The summed E-state index contributed by atoms with van der Waals surface area (Å²) in [5.74, 6) is -2.61. The van der Waals surface area contributed by atoms with Crippen LogP contribution in [-0.2, 0) is 16.4 Å². The van der Waals surface area contributed by atoms with Gasteiger partial charge in [0.2, 0.25) is 5.82 Å². The van der Waals surface area contributed by atoms with Crippen LogP contribution in [0.1, 0.15) is 11.3 Å². The van der Waals surface area contributed by atoms with Crippen LogP contribution in [-0.4, -0.2) is 42.9 Å². The van der Waals surface area contributed by atoms with Gasteiger partial charge in [0.25, 0.3) is 10.2 Å². The summed E-state index contributed by atoms with van der Waals surface area (Å²) in [5, 5.41) is 31.9. The molecule has 154 valence electrons. The number of nitrogens with two attached hydrogens (primary N) is 1. The molecule has 0 atom stereocenters. The van der Waals surface area contributed by atoms with Crippen LogP contribution in [0.5, 0.6) is 0 Å². The molecule has 6 N–H and O–H groups in total. The van der Waals surface area contributed by atoms with Gasteiger partial charge in [-0.1, -0.05) is 0 Å². The fraction of sp³-hybridized carbons (Fsp3) is 0.250. The minimum Gasteiger partial charge on any atom is -0.364 e. The van der Waals surface area contributed by atoms with E-state index >= 15 is 0 Å². The molecule has 11 nitrogen and oxygen atoms in total. The Morgan fingerprint density at radius 1 is 1.32 bits per heavy atom. The summed E-state index contributed by atoms with van der Waals surface area (Å²) in [7, 11) is -3.92. The molecule has 0 spiro atoms. The predicted molar refractivity (Wildman–Crippen MR) is 86.4 cm³/mol. The number of nitrogens with zero attached hydrogens (tertiary/aromatic N) is 3. The van der Waals surface area contributed by atoms with E-state index < -0.39 is 45.0 Å². The lowest BCUT2D eigenvalue weighted by Gasteiger charge is -2.18. The Kier molecular flexibility index (Phi) is 6.17. The summed E-state index contributed by atoms with van der Waals surface area (Å²) in [6.07, 6.45) is -5.01. The van der Waals surface area contributed by atoms with Crippen molar-refractivity contribution in [2.45, 2.75) is 6.18 Å². The van der Waals surface area contributed by atoms with Crippen LogP contribution in [0.4, 0.5) is 29.1 Å². The summed E-state index contributed by atoms with van der Waals surface area (Å²) in [6.45, 7) is -0.251. The highest BCUT2D eigenvalue weighted by Gasteiger charge is 2.35. The van der Waals surface area contributed by atoms with Crippen LogP contribution < -0.4 is 20.2 Å². The molecule has 2 rings (SSSR count). The summed E-state index contributed by atoms with van der Waals surface area (Å²) in [6, 6.07) is 1.60. The first kappa shape index (κ1) is 21.5. The molecule has 0 aliphatic heterocycles. The topological polar surface area (TPSA) is 170 Å². The van der Waals surface area contributed by atoms with Gasteiger partial charge in [0.05, 0.1) is 11.3 Å². The molecule has 0 bridgehead atoms. The Hall–Kier alpha value is -2.82. The number of amidine groups is 1. The van der Waals surface area contributed by atoms with E-state index in [1.165, 1.54) is 0 Å². The lowest BCUT2D eigenvalue weighted by atomic mass is 10.1. The smallest absolute Gasteiger partial charge is 0.364 e. The number of anilines is 2. The van der Waals surface area contributed by atoms with Crippen molar-refractivity contribution < 1.29 is 35.8 Å². The predicted octanol–water partition coefficient (Wildman–Crippen LogP) is 0.654. The van der Waals surface area contributed by atoms with Crippen LogP contribution in [0.15, 0.2) is 22.8 Å². The fourth-order valence-electron chi connectivity index (χ4n) is 1.93. The minimum atomic E-state index is -5.01. The van der Waals surface area contributed by atoms with E-state index in [2.05, 4.69) is 20.3 Å². The third kappa shape index (κ3) is 5.35. The minimum absolute atomic E-state index is 0.0159. The van der Waals surface area contributed by atoms with Crippen LogP contribution in [0, 0.1) is 11.2 Å². The Morgan fingerprint density at radius 2 is 2.00 bits per heavy atom. The van der Waals surface area contributed by atoms with Crippen LogP contribution in [0.2, 0.25) is 0 Å². The maximum absolute atomic E-state index is 13.3. The zero-order valence-corrected chi connectivity index (χ0v) is 14.5. The quantitative estimate of drug-likeness (QED) is 0.141. The Balaban J connectivity index is 2.16. The molecule has 0 amide bonds. The maximum atomic E-state index is 13.3. The molecule has 0 aliphatic rings. The van der Waals surface area contributed by atoms with Gasteiger partial charge in [-0.2, -0.15) is 21.6 Å². The molecule has 2 aromatic rings. The van der Waals surface area contributed by atoms with Gasteiger partial charge in [-0.25, -0.2) is 23.9 Å². The van der Waals surface area contributed by atoms with Gasteiger partial charge < -0.3 is 5.32 Å². The number of aromatic nitrogens is 2. The van der Waals surface area contributed by atoms with Crippen LogP contribution >= 0.6 is 0 Å². The molecule has 1 aromatic carbocycles. The van der Waals surface area contributed by atoms with E-state index in [-0.39, 0.29) is 24.0 Å². The average Bonchev–Trinajstić information content (AvgIpc) is 3.04. The molecule has 0 saturated heterocycles. The van der Waals surface area contributed by atoms with E-state index in [0.29, 0.717) is 12.1 Å². The molecule has 0 radical (unpaired) electrons. The highest BCUT2D eigenvalue weighted by Crippen LogP contribution is 2.34. The molecule has 1 heterocycles. The SMILES string of the molecule is N=C(c1nonc1NCCNS(N)(=O)=O)N(O)c1ccc(F)c(C(F)(F)F)c1. The highest BCUT2D eigenvalue weighted by molar-refractivity contribution is 7.87. The monoisotopic (exact) mass is 427 g/mol. The molecule has 0 saturated carbocycles. The van der Waals surface area contributed by atoms with E-state index in [4.69, 9.17) is 10.5 Å². The lowest BCUT2D eigenvalue weighted by molar-refractivity contribution is -0.139. The van der Waals surface area contributed by atoms with Gasteiger partial charge in [-0.3, -0.25) is 10.6 Å². The van der Waals surface area contributed by atoms with Crippen molar-refractivity contribution in [1.82, 2.24) is 15.0 Å². The third-order valence-corrected chi connectivity index (χ3v) is 3.75. The van der Waals surface area contributed by atoms with Crippen molar-refractivity contribution in [3.63, 3.8) is 0 Å². The molecular weight excluding hydrogens is 414 g/mol. The molecule has 16 heteroatoms. The van der Waals surface area contributed by atoms with Crippen molar-refractivity contribution in [3.8, 4) is 0 Å². The van der Waals surface area contributed by atoms with Crippen molar-refractivity contribution in [1.29, 1.82) is 5.41 Å². The normalized spacial score (nSPS) is 12.1. The number of halogens is 4. The van der Waals surface area contributed by atoms with Crippen molar-refractivity contribution in [2.24, 2.45) is 5.14 Å². The Morgan fingerprint density at radius 3 is 2.61 bits per heavy atom. The fourth-order valence-corrected chi connectivity index (χ4v) is 2.31. The van der Waals surface area contributed by atoms with E-state index in [0.717, 1.165) is 6.07 Å². The first-order valence-corrected chi connectivity index (χ1v) is 8.73. The molecule has 0 unspecified atom stereocenters. The van der Waals surface area contributed by atoms with Gasteiger partial charge in [-0.05, 0) is 28.5 Å². The average molecular weight is 427 g/mol. The summed E-state index contributed by atoms with van der Waals surface area (Å²) in [4.78, 5) is 0. The summed E-state index contributed by atoms with van der Waals surface area (Å²) in [5.41, 5.74) is -2.61. The number of benzene rings is 1. The summed E-state index contributed by atoms with van der Waals surface area (Å²) >= 11 is 0. The molecular formula is C12H13F4N7O4S. The number of hydroxylamine groups is 1. The maximum Gasteiger partial charge on any atom is 0.419 e. The molecule has 1 aromatic heterocycles. The van der Waals surface area contributed by atoms with Gasteiger partial charge in [0.1, 0.15) is 5.82 Å². The number of nitrogens with one attached hydrogen (secondary N) is 3. The zero-order chi connectivity index (χ0) is 21.1. The molecule has 28 heavy (non-hydrogen) atoms. The van der Waals surface area contributed by atoms with Gasteiger partial charge >= 0.3 is 6.18 Å². The second kappa shape index (κ2) is 8.05. The van der Waals surface area contributed by atoms with E-state index in [9.17, 15) is 31.2 Å². The third-order valence-electron chi connectivity index (χ3n) is 3.15. The van der Waals surface area contributed by atoms with Crippen LogP contribution in [0.25, 0.3) is 0 Å². The highest BCUT2D eigenvalue weighted by atomic mass is 32.2. The first-order chi connectivity index (χ1) is 12.9. The lowest BCUT2D eigenvalue weighted by Crippen LogP contribution is -2.34. The van der Waals surface area contributed by atoms with Gasteiger partial charge in [0.15, 0.2) is 11.5 Å². The summed E-state index contributed by atoms with van der Waals surface area (Å²) < 4.78 is 79.6.